The van der Waals surface area contributed by atoms with E-state index in [1.54, 1.807) is 24.1 Å². The summed E-state index contributed by atoms with van der Waals surface area (Å²) in [5.74, 6) is -0.215. The first-order chi connectivity index (χ1) is 12.5. The van der Waals surface area contributed by atoms with Gasteiger partial charge in [-0.15, -0.1) is 0 Å². The number of ether oxygens (including phenoxy) is 1. The summed E-state index contributed by atoms with van der Waals surface area (Å²) in [5.41, 5.74) is 1.37. The molecule has 0 atom stereocenters. The standard InChI is InChI=1S/C19H22N2O4S/c1-20(15-16-6-3-2-4-7-16)19(22)17-8-5-9-18(14-17)26(23,24)21-10-12-25-13-11-21/h2-9,14H,10-13,15H2,1H3. The molecular weight excluding hydrogens is 352 g/mol. The summed E-state index contributed by atoms with van der Waals surface area (Å²) in [7, 11) is -1.91. The zero-order chi connectivity index (χ0) is 18.6. The lowest BCUT2D eigenvalue weighted by atomic mass is 10.1. The number of hydrogen-bond acceptors (Lipinski definition) is 4. The molecule has 2 aromatic carbocycles. The van der Waals surface area contributed by atoms with Crippen LogP contribution in [0.15, 0.2) is 59.5 Å². The molecule has 0 aromatic heterocycles. The van der Waals surface area contributed by atoms with Crippen LogP contribution >= 0.6 is 0 Å². The van der Waals surface area contributed by atoms with E-state index < -0.39 is 10.0 Å². The van der Waals surface area contributed by atoms with Crippen LogP contribution in [0.25, 0.3) is 0 Å². The molecule has 1 fully saturated rings. The lowest BCUT2D eigenvalue weighted by Gasteiger charge is -2.26. The van der Waals surface area contributed by atoms with Crippen molar-refractivity contribution in [2.24, 2.45) is 0 Å². The maximum absolute atomic E-state index is 12.8. The summed E-state index contributed by atoms with van der Waals surface area (Å²) >= 11 is 0. The molecule has 26 heavy (non-hydrogen) atoms. The molecule has 1 aliphatic heterocycles. The quantitative estimate of drug-likeness (QED) is 0.803. The van der Waals surface area contributed by atoms with Crippen LogP contribution < -0.4 is 0 Å². The lowest BCUT2D eigenvalue weighted by Crippen LogP contribution is -2.40. The molecule has 0 N–H and O–H groups in total. The van der Waals surface area contributed by atoms with Gasteiger partial charge in [0.05, 0.1) is 18.1 Å². The highest BCUT2D eigenvalue weighted by Gasteiger charge is 2.27. The minimum atomic E-state index is -3.62. The molecule has 0 spiro atoms. The van der Waals surface area contributed by atoms with Gasteiger partial charge in [0.15, 0.2) is 0 Å². The van der Waals surface area contributed by atoms with Crippen LogP contribution in [0, 0.1) is 0 Å². The van der Waals surface area contributed by atoms with Crippen molar-refractivity contribution >= 4 is 15.9 Å². The fourth-order valence-electron chi connectivity index (χ4n) is 2.88. The van der Waals surface area contributed by atoms with E-state index >= 15 is 0 Å². The zero-order valence-electron chi connectivity index (χ0n) is 14.7. The molecule has 0 unspecified atom stereocenters. The van der Waals surface area contributed by atoms with Gasteiger partial charge in [0, 0.05) is 32.2 Å². The van der Waals surface area contributed by atoms with Gasteiger partial charge in [0.1, 0.15) is 0 Å². The fraction of sp³-hybridized carbons (Fsp3) is 0.316. The van der Waals surface area contributed by atoms with E-state index in [4.69, 9.17) is 4.74 Å². The summed E-state index contributed by atoms with van der Waals surface area (Å²) in [6.45, 7) is 1.89. The van der Waals surface area contributed by atoms with E-state index in [2.05, 4.69) is 0 Å². The molecule has 2 aromatic rings. The number of carbonyl (C=O) groups excluding carboxylic acids is 1. The van der Waals surface area contributed by atoms with E-state index in [1.165, 1.54) is 16.4 Å². The number of morpholine rings is 1. The fourth-order valence-corrected chi connectivity index (χ4v) is 4.33. The number of hydrogen-bond donors (Lipinski definition) is 0. The minimum absolute atomic E-state index is 0.137. The van der Waals surface area contributed by atoms with Crippen molar-refractivity contribution in [3.63, 3.8) is 0 Å². The zero-order valence-corrected chi connectivity index (χ0v) is 15.5. The van der Waals surface area contributed by atoms with E-state index in [0.717, 1.165) is 5.56 Å². The Morgan fingerprint density at radius 3 is 2.46 bits per heavy atom. The van der Waals surface area contributed by atoms with Crippen LogP contribution in [-0.4, -0.2) is 56.9 Å². The summed E-state index contributed by atoms with van der Waals surface area (Å²) in [6, 6.07) is 15.9. The molecule has 0 bridgehead atoms. The number of nitrogens with zero attached hydrogens (tertiary/aromatic N) is 2. The first kappa shape index (κ1) is 18.6. The van der Waals surface area contributed by atoms with E-state index in [1.807, 2.05) is 30.3 Å². The highest BCUT2D eigenvalue weighted by molar-refractivity contribution is 7.89. The second-order valence-corrected chi connectivity index (χ2v) is 8.13. The van der Waals surface area contributed by atoms with Crippen LogP contribution in [0.4, 0.5) is 0 Å². The molecule has 1 amide bonds. The first-order valence-electron chi connectivity index (χ1n) is 8.46. The Bertz CT molecular complexity index is 862. The molecule has 1 aliphatic rings. The van der Waals surface area contributed by atoms with Crippen LogP contribution in [-0.2, 0) is 21.3 Å². The van der Waals surface area contributed by atoms with Crippen molar-refractivity contribution in [3.8, 4) is 0 Å². The van der Waals surface area contributed by atoms with Crippen LogP contribution in [0.2, 0.25) is 0 Å². The van der Waals surface area contributed by atoms with Crippen molar-refractivity contribution in [1.29, 1.82) is 0 Å². The third kappa shape index (κ3) is 4.12. The van der Waals surface area contributed by atoms with Crippen molar-refractivity contribution in [2.75, 3.05) is 33.4 Å². The van der Waals surface area contributed by atoms with Gasteiger partial charge >= 0.3 is 0 Å². The van der Waals surface area contributed by atoms with Gasteiger partial charge < -0.3 is 9.64 Å². The maximum Gasteiger partial charge on any atom is 0.253 e. The Kier molecular flexibility index (Phi) is 5.70. The largest absolute Gasteiger partial charge is 0.379 e. The maximum atomic E-state index is 12.8. The second kappa shape index (κ2) is 7.99. The summed E-state index contributed by atoms with van der Waals surface area (Å²) in [6.07, 6.45) is 0. The van der Waals surface area contributed by atoms with Crippen molar-refractivity contribution in [2.45, 2.75) is 11.4 Å². The molecule has 0 radical (unpaired) electrons. The number of amides is 1. The predicted molar refractivity (Wildman–Crippen MR) is 98.3 cm³/mol. The lowest BCUT2D eigenvalue weighted by molar-refractivity contribution is 0.0730. The molecule has 7 heteroatoms. The second-order valence-electron chi connectivity index (χ2n) is 6.19. The topological polar surface area (TPSA) is 66.9 Å². The molecular formula is C19H22N2O4S. The smallest absolute Gasteiger partial charge is 0.253 e. The van der Waals surface area contributed by atoms with Crippen LogP contribution in [0.5, 0.6) is 0 Å². The Balaban J connectivity index is 1.79. The van der Waals surface area contributed by atoms with Crippen LogP contribution in [0.1, 0.15) is 15.9 Å². The third-order valence-electron chi connectivity index (χ3n) is 4.30. The van der Waals surface area contributed by atoms with Crippen molar-refractivity contribution in [3.05, 3.63) is 65.7 Å². The highest BCUT2D eigenvalue weighted by Crippen LogP contribution is 2.19. The molecule has 0 saturated carbocycles. The summed E-state index contributed by atoms with van der Waals surface area (Å²) < 4.78 is 32.1. The van der Waals surface area contributed by atoms with Gasteiger partial charge in [-0.2, -0.15) is 4.31 Å². The van der Waals surface area contributed by atoms with Gasteiger partial charge in [0.2, 0.25) is 10.0 Å². The van der Waals surface area contributed by atoms with Gasteiger partial charge in [-0.1, -0.05) is 36.4 Å². The average molecular weight is 374 g/mol. The Morgan fingerprint density at radius 2 is 1.77 bits per heavy atom. The van der Waals surface area contributed by atoms with Gasteiger partial charge in [0.25, 0.3) is 5.91 Å². The SMILES string of the molecule is CN(Cc1ccccc1)C(=O)c1cccc(S(=O)(=O)N2CCOCC2)c1. The summed E-state index contributed by atoms with van der Waals surface area (Å²) in [5, 5.41) is 0. The first-order valence-corrected chi connectivity index (χ1v) is 9.90. The summed E-state index contributed by atoms with van der Waals surface area (Å²) in [4.78, 5) is 14.4. The number of sulfonamides is 1. The molecule has 138 valence electrons. The van der Waals surface area contributed by atoms with E-state index in [9.17, 15) is 13.2 Å². The Morgan fingerprint density at radius 1 is 1.08 bits per heavy atom. The normalized spacial score (nSPS) is 15.6. The molecule has 1 saturated heterocycles. The van der Waals surface area contributed by atoms with Gasteiger partial charge in [-0.3, -0.25) is 4.79 Å². The Hall–Kier alpha value is -2.22. The number of benzene rings is 2. The highest BCUT2D eigenvalue weighted by atomic mass is 32.2. The van der Waals surface area contributed by atoms with Gasteiger partial charge in [-0.25, -0.2) is 8.42 Å². The monoisotopic (exact) mass is 374 g/mol. The molecule has 6 nitrogen and oxygen atoms in total. The molecule has 1 heterocycles. The molecule has 3 rings (SSSR count). The molecule has 0 aliphatic carbocycles. The predicted octanol–water partition coefficient (Wildman–Crippen LogP) is 1.98. The Labute approximate surface area is 154 Å². The minimum Gasteiger partial charge on any atom is -0.379 e. The van der Waals surface area contributed by atoms with Gasteiger partial charge in [-0.05, 0) is 23.8 Å². The third-order valence-corrected chi connectivity index (χ3v) is 6.19. The van der Waals surface area contributed by atoms with E-state index in [-0.39, 0.29) is 10.8 Å². The average Bonchev–Trinajstić information content (AvgIpc) is 2.69. The van der Waals surface area contributed by atoms with Crippen molar-refractivity contribution < 1.29 is 17.9 Å². The number of rotatable bonds is 5. The van der Waals surface area contributed by atoms with Crippen molar-refractivity contribution in [1.82, 2.24) is 9.21 Å². The van der Waals surface area contributed by atoms with E-state index in [0.29, 0.717) is 38.4 Å². The van der Waals surface area contributed by atoms with Crippen LogP contribution in [0.3, 0.4) is 0 Å². The number of carbonyl (C=O) groups is 1.